The molecule has 1 saturated carbocycles. The number of rotatable bonds is 7. The van der Waals surface area contributed by atoms with Crippen molar-refractivity contribution >= 4 is 23.4 Å². The lowest BCUT2D eigenvalue weighted by atomic mass is 10.2. The number of thioether (sulfide) groups is 1. The highest BCUT2D eigenvalue weighted by Gasteiger charge is 2.23. The van der Waals surface area contributed by atoms with Crippen molar-refractivity contribution in [2.75, 3.05) is 18.1 Å². The van der Waals surface area contributed by atoms with Gasteiger partial charge >= 0.3 is 0 Å². The molecular formula is C19H28N6S. The van der Waals surface area contributed by atoms with Crippen molar-refractivity contribution in [3.05, 3.63) is 35.7 Å². The quantitative estimate of drug-likeness (QED) is 0.334. The summed E-state index contributed by atoms with van der Waals surface area (Å²) in [6, 6.07) is 8.67. The van der Waals surface area contributed by atoms with Gasteiger partial charge in [0.1, 0.15) is 5.82 Å². The van der Waals surface area contributed by atoms with Crippen LogP contribution in [0.2, 0.25) is 0 Å². The van der Waals surface area contributed by atoms with E-state index in [1.165, 1.54) is 31.2 Å². The average Bonchev–Trinajstić information content (AvgIpc) is 3.27. The minimum Gasteiger partial charge on any atom is -0.370 e. The van der Waals surface area contributed by atoms with Gasteiger partial charge < -0.3 is 15.6 Å². The Morgan fingerprint density at radius 3 is 2.88 bits per heavy atom. The van der Waals surface area contributed by atoms with Crippen molar-refractivity contribution < 1.29 is 0 Å². The van der Waals surface area contributed by atoms with E-state index in [1.54, 1.807) is 11.8 Å². The zero-order valence-corrected chi connectivity index (χ0v) is 16.4. The number of nitrogens with zero attached hydrogens (tertiary/aromatic N) is 4. The summed E-state index contributed by atoms with van der Waals surface area (Å²) in [5, 5.41) is 13.0. The van der Waals surface area contributed by atoms with Crippen LogP contribution < -0.4 is 11.1 Å². The number of aromatic nitrogens is 3. The summed E-state index contributed by atoms with van der Waals surface area (Å²) in [6.45, 7) is 2.73. The van der Waals surface area contributed by atoms with Crippen LogP contribution in [-0.2, 0) is 6.42 Å². The van der Waals surface area contributed by atoms with E-state index in [4.69, 9.17) is 5.73 Å². The molecule has 0 spiro atoms. The van der Waals surface area contributed by atoms with E-state index in [-0.39, 0.29) is 0 Å². The van der Waals surface area contributed by atoms with E-state index in [9.17, 15) is 0 Å². The van der Waals surface area contributed by atoms with Gasteiger partial charge in [0.2, 0.25) is 0 Å². The standard InChI is InChI=1S/C19H28N6S/c1-14-7-5-8-15(13-14)22-18(20)21-12-6-11-17-23-24-19(26-2)25(17)16-9-3-4-10-16/h5,7-8,13,16H,3-4,6,9-12H2,1-2H3,(H3,20,21,22). The summed E-state index contributed by atoms with van der Waals surface area (Å²) in [5.74, 6) is 1.54. The van der Waals surface area contributed by atoms with E-state index < -0.39 is 0 Å². The Hall–Kier alpha value is -2.02. The third kappa shape index (κ3) is 4.78. The minimum absolute atomic E-state index is 0.456. The van der Waals surface area contributed by atoms with Crippen LogP contribution in [-0.4, -0.2) is 33.5 Å². The van der Waals surface area contributed by atoms with E-state index in [0.717, 1.165) is 29.5 Å². The summed E-state index contributed by atoms with van der Waals surface area (Å²) in [4.78, 5) is 4.44. The zero-order chi connectivity index (χ0) is 18.4. The first-order valence-electron chi connectivity index (χ1n) is 9.28. The van der Waals surface area contributed by atoms with Gasteiger partial charge in [0.25, 0.3) is 0 Å². The number of aliphatic imine (C=N–C) groups is 1. The fraction of sp³-hybridized carbons (Fsp3) is 0.526. The summed E-state index contributed by atoms with van der Waals surface area (Å²) < 4.78 is 2.36. The third-order valence-electron chi connectivity index (χ3n) is 4.74. The van der Waals surface area contributed by atoms with Crippen LogP contribution in [0, 0.1) is 6.92 Å². The van der Waals surface area contributed by atoms with Gasteiger partial charge in [-0.3, -0.25) is 4.99 Å². The van der Waals surface area contributed by atoms with Crippen LogP contribution in [0.3, 0.4) is 0 Å². The molecule has 1 aliphatic carbocycles. The van der Waals surface area contributed by atoms with Crippen LogP contribution in [0.25, 0.3) is 0 Å². The number of guanidine groups is 1. The molecule has 1 heterocycles. The molecule has 0 amide bonds. The van der Waals surface area contributed by atoms with Gasteiger partial charge in [0.05, 0.1) is 0 Å². The Morgan fingerprint density at radius 1 is 1.35 bits per heavy atom. The van der Waals surface area contributed by atoms with Gasteiger partial charge in [-0.15, -0.1) is 10.2 Å². The highest BCUT2D eigenvalue weighted by molar-refractivity contribution is 7.98. The van der Waals surface area contributed by atoms with Crippen molar-refractivity contribution in [3.63, 3.8) is 0 Å². The van der Waals surface area contributed by atoms with Crippen molar-refractivity contribution in [3.8, 4) is 0 Å². The first-order valence-corrected chi connectivity index (χ1v) is 10.5. The maximum absolute atomic E-state index is 5.99. The van der Waals surface area contributed by atoms with Crippen LogP contribution in [0.5, 0.6) is 0 Å². The highest BCUT2D eigenvalue weighted by Crippen LogP contribution is 2.33. The molecule has 1 fully saturated rings. The molecule has 7 heteroatoms. The molecular weight excluding hydrogens is 344 g/mol. The fourth-order valence-corrected chi connectivity index (χ4v) is 4.07. The molecule has 0 radical (unpaired) electrons. The second-order valence-electron chi connectivity index (χ2n) is 6.78. The molecule has 2 aromatic rings. The number of anilines is 1. The Morgan fingerprint density at radius 2 is 2.15 bits per heavy atom. The Balaban J connectivity index is 1.54. The van der Waals surface area contributed by atoms with Gasteiger partial charge in [-0.2, -0.15) is 0 Å². The number of hydrogen-bond donors (Lipinski definition) is 2. The fourth-order valence-electron chi connectivity index (χ4n) is 3.49. The first kappa shape index (κ1) is 18.8. The van der Waals surface area contributed by atoms with Crippen LogP contribution in [0.1, 0.15) is 49.5 Å². The molecule has 0 bridgehead atoms. The van der Waals surface area contributed by atoms with Crippen molar-refractivity contribution in [2.24, 2.45) is 10.7 Å². The monoisotopic (exact) mass is 372 g/mol. The highest BCUT2D eigenvalue weighted by atomic mass is 32.2. The maximum atomic E-state index is 5.99. The number of hydrogen-bond acceptors (Lipinski definition) is 4. The smallest absolute Gasteiger partial charge is 0.193 e. The lowest BCUT2D eigenvalue weighted by Gasteiger charge is -2.16. The molecule has 3 N–H and O–H groups in total. The van der Waals surface area contributed by atoms with E-state index in [0.29, 0.717) is 18.5 Å². The van der Waals surface area contributed by atoms with Gasteiger partial charge in [-0.25, -0.2) is 0 Å². The SMILES string of the molecule is CSc1nnc(CCCN=C(N)Nc2cccc(C)c2)n1C1CCCC1. The van der Waals surface area contributed by atoms with E-state index in [2.05, 4.69) is 50.4 Å². The Kier molecular flexibility index (Phi) is 6.55. The Bertz CT molecular complexity index is 748. The maximum Gasteiger partial charge on any atom is 0.193 e. The largest absolute Gasteiger partial charge is 0.370 e. The molecule has 1 aromatic carbocycles. The molecule has 6 nitrogen and oxygen atoms in total. The molecule has 1 aromatic heterocycles. The van der Waals surface area contributed by atoms with Crippen molar-refractivity contribution in [1.82, 2.24) is 14.8 Å². The van der Waals surface area contributed by atoms with E-state index in [1.807, 2.05) is 12.1 Å². The predicted molar refractivity (Wildman–Crippen MR) is 109 cm³/mol. The van der Waals surface area contributed by atoms with Gasteiger partial charge in [-0.05, 0) is 50.1 Å². The summed E-state index contributed by atoms with van der Waals surface area (Å²) in [5.41, 5.74) is 8.16. The second-order valence-corrected chi connectivity index (χ2v) is 7.55. The number of nitrogens with two attached hydrogens (primary N) is 1. The summed E-state index contributed by atoms with van der Waals surface area (Å²) >= 11 is 1.68. The molecule has 26 heavy (non-hydrogen) atoms. The van der Waals surface area contributed by atoms with Crippen LogP contribution in [0.15, 0.2) is 34.4 Å². The normalized spacial score (nSPS) is 15.5. The number of benzene rings is 1. The van der Waals surface area contributed by atoms with Gasteiger partial charge in [0, 0.05) is 24.7 Å². The first-order chi connectivity index (χ1) is 12.7. The van der Waals surface area contributed by atoms with Gasteiger partial charge in [-0.1, -0.05) is 36.7 Å². The lowest BCUT2D eigenvalue weighted by molar-refractivity contribution is 0.461. The summed E-state index contributed by atoms with van der Waals surface area (Å²) in [7, 11) is 0. The van der Waals surface area contributed by atoms with Crippen molar-refractivity contribution in [1.29, 1.82) is 0 Å². The minimum atomic E-state index is 0.456. The predicted octanol–water partition coefficient (Wildman–Crippen LogP) is 3.78. The second kappa shape index (κ2) is 9.07. The summed E-state index contributed by atoms with van der Waals surface area (Å²) in [6.07, 6.45) is 8.96. The molecule has 1 aliphatic rings. The van der Waals surface area contributed by atoms with Crippen LogP contribution >= 0.6 is 11.8 Å². The molecule has 140 valence electrons. The van der Waals surface area contributed by atoms with Crippen molar-refractivity contribution in [2.45, 2.75) is 56.6 Å². The van der Waals surface area contributed by atoms with E-state index >= 15 is 0 Å². The number of nitrogens with one attached hydrogen (secondary N) is 1. The average molecular weight is 373 g/mol. The zero-order valence-electron chi connectivity index (χ0n) is 15.6. The molecule has 3 rings (SSSR count). The van der Waals surface area contributed by atoms with Crippen LogP contribution in [0.4, 0.5) is 5.69 Å². The lowest BCUT2D eigenvalue weighted by Crippen LogP contribution is -2.23. The molecule has 0 atom stereocenters. The third-order valence-corrected chi connectivity index (χ3v) is 5.38. The molecule has 0 saturated heterocycles. The topological polar surface area (TPSA) is 81.1 Å². The molecule has 0 aliphatic heterocycles. The Labute approximate surface area is 159 Å². The molecule has 0 unspecified atom stereocenters. The van der Waals surface area contributed by atoms with Gasteiger partial charge in [0.15, 0.2) is 11.1 Å². The number of aryl methyl sites for hydroxylation is 2.